The Morgan fingerprint density at radius 3 is 2.33 bits per heavy atom. The van der Waals surface area contributed by atoms with Crippen molar-refractivity contribution in [3.05, 3.63) is 0 Å². The predicted molar refractivity (Wildman–Crippen MR) is 67.8 cm³/mol. The zero-order valence-electron chi connectivity index (χ0n) is 10.9. The Labute approximate surface area is 95.8 Å². The van der Waals surface area contributed by atoms with Crippen LogP contribution in [0.1, 0.15) is 65.7 Å². The number of hydrogen-bond acceptors (Lipinski definition) is 1. The first-order chi connectivity index (χ1) is 7.06. The zero-order valence-corrected chi connectivity index (χ0v) is 10.9. The van der Waals surface area contributed by atoms with Crippen molar-refractivity contribution in [1.82, 2.24) is 0 Å². The lowest BCUT2D eigenvalue weighted by Gasteiger charge is -2.37. The van der Waals surface area contributed by atoms with Gasteiger partial charge >= 0.3 is 0 Å². The van der Waals surface area contributed by atoms with Crippen molar-refractivity contribution in [3.63, 3.8) is 0 Å². The second-order valence-corrected chi connectivity index (χ2v) is 6.20. The third-order valence-electron chi connectivity index (χ3n) is 4.39. The predicted octanol–water partition coefficient (Wildman–Crippen LogP) is 3.97. The molecule has 15 heavy (non-hydrogen) atoms. The second kappa shape index (κ2) is 5.89. The molecule has 1 aliphatic carbocycles. The van der Waals surface area contributed by atoms with Gasteiger partial charge in [0.2, 0.25) is 0 Å². The SMILES string of the molecule is CC(CN)CCC(C)(C)C1CCCCC1. The van der Waals surface area contributed by atoms with E-state index in [0.29, 0.717) is 11.3 Å². The van der Waals surface area contributed by atoms with Crippen molar-refractivity contribution in [2.24, 2.45) is 23.0 Å². The van der Waals surface area contributed by atoms with Crippen LogP contribution in [0.3, 0.4) is 0 Å². The first-order valence-corrected chi connectivity index (χ1v) is 6.76. The Morgan fingerprint density at radius 1 is 1.20 bits per heavy atom. The molecule has 0 aromatic heterocycles. The van der Waals surface area contributed by atoms with E-state index in [2.05, 4.69) is 20.8 Å². The lowest BCUT2D eigenvalue weighted by atomic mass is 9.68. The quantitative estimate of drug-likeness (QED) is 0.731. The van der Waals surface area contributed by atoms with Crippen molar-refractivity contribution in [3.8, 4) is 0 Å². The molecule has 1 atom stereocenters. The van der Waals surface area contributed by atoms with Gasteiger partial charge in [-0.2, -0.15) is 0 Å². The fourth-order valence-corrected chi connectivity index (χ4v) is 2.82. The molecule has 0 spiro atoms. The van der Waals surface area contributed by atoms with Crippen LogP contribution in [0.4, 0.5) is 0 Å². The smallest absolute Gasteiger partial charge is 0.00515 e. The van der Waals surface area contributed by atoms with Gasteiger partial charge in [0.1, 0.15) is 0 Å². The molecule has 0 aliphatic heterocycles. The minimum atomic E-state index is 0.545. The molecule has 0 aromatic carbocycles. The third-order valence-corrected chi connectivity index (χ3v) is 4.39. The van der Waals surface area contributed by atoms with Gasteiger partial charge in [0, 0.05) is 0 Å². The van der Waals surface area contributed by atoms with E-state index in [1.807, 2.05) is 0 Å². The summed E-state index contributed by atoms with van der Waals surface area (Å²) in [7, 11) is 0. The van der Waals surface area contributed by atoms with Crippen LogP contribution in [-0.2, 0) is 0 Å². The van der Waals surface area contributed by atoms with Crippen molar-refractivity contribution in [1.29, 1.82) is 0 Å². The lowest BCUT2D eigenvalue weighted by molar-refractivity contribution is 0.137. The van der Waals surface area contributed by atoms with E-state index < -0.39 is 0 Å². The number of nitrogens with two attached hydrogens (primary N) is 1. The molecule has 1 heteroatoms. The number of hydrogen-bond donors (Lipinski definition) is 1. The molecule has 1 unspecified atom stereocenters. The van der Waals surface area contributed by atoms with E-state index in [0.717, 1.165) is 12.5 Å². The molecule has 0 saturated heterocycles. The van der Waals surface area contributed by atoms with E-state index in [4.69, 9.17) is 5.73 Å². The molecular weight excluding hydrogens is 182 g/mol. The standard InChI is InChI=1S/C14H29N/c1-12(11-15)9-10-14(2,3)13-7-5-4-6-8-13/h12-13H,4-11,15H2,1-3H3. The van der Waals surface area contributed by atoms with E-state index >= 15 is 0 Å². The molecule has 1 rings (SSSR count). The molecular formula is C14H29N. The molecule has 90 valence electrons. The fraction of sp³-hybridized carbons (Fsp3) is 1.00. The summed E-state index contributed by atoms with van der Waals surface area (Å²) in [5, 5.41) is 0. The molecule has 0 amide bonds. The van der Waals surface area contributed by atoms with Gasteiger partial charge in [0.15, 0.2) is 0 Å². The van der Waals surface area contributed by atoms with Crippen molar-refractivity contribution < 1.29 is 0 Å². The molecule has 1 fully saturated rings. The van der Waals surface area contributed by atoms with Crippen molar-refractivity contribution in [2.45, 2.75) is 65.7 Å². The summed E-state index contributed by atoms with van der Waals surface area (Å²) in [5.74, 6) is 1.67. The van der Waals surface area contributed by atoms with Crippen LogP contribution in [0.15, 0.2) is 0 Å². The molecule has 1 aliphatic rings. The van der Waals surface area contributed by atoms with Gasteiger partial charge in [-0.3, -0.25) is 0 Å². The minimum Gasteiger partial charge on any atom is -0.330 e. The van der Waals surface area contributed by atoms with Crippen LogP contribution in [0.2, 0.25) is 0 Å². The first-order valence-electron chi connectivity index (χ1n) is 6.76. The lowest BCUT2D eigenvalue weighted by Crippen LogP contribution is -2.27. The van der Waals surface area contributed by atoms with Gasteiger partial charge in [-0.05, 0) is 49.5 Å². The molecule has 0 heterocycles. The molecule has 0 bridgehead atoms. The van der Waals surface area contributed by atoms with E-state index in [-0.39, 0.29) is 0 Å². The molecule has 0 radical (unpaired) electrons. The van der Waals surface area contributed by atoms with Crippen LogP contribution in [0, 0.1) is 17.3 Å². The second-order valence-electron chi connectivity index (χ2n) is 6.20. The average Bonchev–Trinajstić information content (AvgIpc) is 2.27. The van der Waals surface area contributed by atoms with Gasteiger partial charge in [0.25, 0.3) is 0 Å². The molecule has 2 N–H and O–H groups in total. The van der Waals surface area contributed by atoms with Gasteiger partial charge in [-0.1, -0.05) is 40.0 Å². The maximum Gasteiger partial charge on any atom is -0.00515 e. The summed E-state index contributed by atoms with van der Waals surface area (Å²) in [6, 6.07) is 0. The summed E-state index contributed by atoms with van der Waals surface area (Å²) < 4.78 is 0. The summed E-state index contributed by atoms with van der Waals surface area (Å²) in [6.07, 6.45) is 9.97. The van der Waals surface area contributed by atoms with Gasteiger partial charge in [0.05, 0.1) is 0 Å². The largest absolute Gasteiger partial charge is 0.330 e. The summed E-state index contributed by atoms with van der Waals surface area (Å²) in [4.78, 5) is 0. The van der Waals surface area contributed by atoms with E-state index in [1.54, 1.807) is 0 Å². The van der Waals surface area contributed by atoms with Gasteiger partial charge < -0.3 is 5.73 Å². The average molecular weight is 211 g/mol. The Bertz CT molecular complexity index is 168. The molecule has 1 nitrogen and oxygen atoms in total. The Kier molecular flexibility index (Phi) is 5.11. The summed E-state index contributed by atoms with van der Waals surface area (Å²) in [5.41, 5.74) is 6.23. The summed E-state index contributed by atoms with van der Waals surface area (Å²) >= 11 is 0. The minimum absolute atomic E-state index is 0.545. The van der Waals surface area contributed by atoms with E-state index in [9.17, 15) is 0 Å². The highest BCUT2D eigenvalue weighted by atomic mass is 14.5. The Morgan fingerprint density at radius 2 is 1.80 bits per heavy atom. The first kappa shape index (κ1) is 13.0. The van der Waals surface area contributed by atoms with Crippen LogP contribution >= 0.6 is 0 Å². The van der Waals surface area contributed by atoms with Crippen LogP contribution in [0.5, 0.6) is 0 Å². The normalized spacial score (nSPS) is 21.6. The molecule has 1 saturated carbocycles. The van der Waals surface area contributed by atoms with Crippen LogP contribution in [0.25, 0.3) is 0 Å². The highest BCUT2D eigenvalue weighted by Gasteiger charge is 2.30. The monoisotopic (exact) mass is 211 g/mol. The number of rotatable bonds is 5. The van der Waals surface area contributed by atoms with Crippen LogP contribution in [-0.4, -0.2) is 6.54 Å². The Balaban J connectivity index is 2.35. The molecule has 0 aromatic rings. The van der Waals surface area contributed by atoms with Crippen molar-refractivity contribution >= 4 is 0 Å². The van der Waals surface area contributed by atoms with Crippen LogP contribution < -0.4 is 5.73 Å². The topological polar surface area (TPSA) is 26.0 Å². The Hall–Kier alpha value is -0.0400. The third kappa shape index (κ3) is 4.14. The maximum atomic E-state index is 5.68. The van der Waals surface area contributed by atoms with Gasteiger partial charge in [-0.15, -0.1) is 0 Å². The highest BCUT2D eigenvalue weighted by molar-refractivity contribution is 4.81. The van der Waals surface area contributed by atoms with Crippen molar-refractivity contribution in [2.75, 3.05) is 6.54 Å². The highest BCUT2D eigenvalue weighted by Crippen LogP contribution is 2.41. The zero-order chi connectivity index (χ0) is 11.3. The fourth-order valence-electron chi connectivity index (χ4n) is 2.82. The van der Waals surface area contributed by atoms with Gasteiger partial charge in [-0.25, -0.2) is 0 Å². The summed E-state index contributed by atoms with van der Waals surface area (Å²) in [6.45, 7) is 8.05. The van der Waals surface area contributed by atoms with E-state index in [1.165, 1.54) is 44.9 Å². The maximum absolute atomic E-state index is 5.68.